The summed E-state index contributed by atoms with van der Waals surface area (Å²) in [6.07, 6.45) is 3.54. The molecule has 5 nitrogen and oxygen atoms in total. The van der Waals surface area contributed by atoms with Crippen molar-refractivity contribution in [2.75, 3.05) is 25.5 Å². The monoisotopic (exact) mass is 421 g/mol. The van der Waals surface area contributed by atoms with Crippen molar-refractivity contribution in [3.8, 4) is 5.75 Å². The number of methoxy groups -OCH3 is 1. The molecular weight excluding hydrogens is 393 g/mol. The second-order valence-corrected chi connectivity index (χ2v) is 8.15. The van der Waals surface area contributed by atoms with Crippen molar-refractivity contribution in [2.24, 2.45) is 5.92 Å². The molecule has 1 saturated heterocycles. The molecular formula is C25H28FN3O2. The first-order valence-electron chi connectivity index (χ1n) is 10.8. The molecule has 6 heteroatoms. The molecule has 2 heterocycles. The van der Waals surface area contributed by atoms with Crippen LogP contribution in [-0.2, 0) is 11.3 Å². The number of carbonyl (C=O) groups is 1. The third kappa shape index (κ3) is 5.58. The highest BCUT2D eigenvalue weighted by Gasteiger charge is 2.20. The lowest BCUT2D eigenvalue weighted by atomic mass is 9.92. The number of para-hydroxylation sites is 1. The fraction of sp³-hybridized carbons (Fsp3) is 0.360. The fourth-order valence-corrected chi connectivity index (χ4v) is 4.16. The molecule has 1 N–H and O–H groups in total. The number of pyridine rings is 1. The first-order valence-corrected chi connectivity index (χ1v) is 10.8. The maximum absolute atomic E-state index is 14.0. The molecule has 1 aliphatic rings. The Morgan fingerprint density at radius 3 is 2.77 bits per heavy atom. The van der Waals surface area contributed by atoms with Crippen LogP contribution in [-0.4, -0.2) is 36.0 Å². The van der Waals surface area contributed by atoms with Gasteiger partial charge in [-0.1, -0.05) is 24.3 Å². The molecule has 4 rings (SSSR count). The molecule has 0 radical (unpaired) electrons. The predicted octanol–water partition coefficient (Wildman–Crippen LogP) is 5.01. The van der Waals surface area contributed by atoms with E-state index in [2.05, 4.69) is 15.2 Å². The minimum atomic E-state index is -0.273. The summed E-state index contributed by atoms with van der Waals surface area (Å²) in [4.78, 5) is 19.2. The van der Waals surface area contributed by atoms with E-state index in [4.69, 9.17) is 4.74 Å². The van der Waals surface area contributed by atoms with Gasteiger partial charge in [-0.2, -0.15) is 0 Å². The normalized spacial score (nSPS) is 15.2. The summed E-state index contributed by atoms with van der Waals surface area (Å²) in [5.74, 6) is 1.05. The topological polar surface area (TPSA) is 54.5 Å². The Bertz CT molecular complexity index is 1050. The lowest BCUT2D eigenvalue weighted by Gasteiger charge is -2.31. The maximum Gasteiger partial charge on any atom is 0.224 e. The summed E-state index contributed by atoms with van der Waals surface area (Å²) in [6, 6.07) is 16.4. The highest BCUT2D eigenvalue weighted by atomic mass is 19.1. The van der Waals surface area contributed by atoms with Gasteiger partial charge in [-0.3, -0.25) is 9.69 Å². The van der Waals surface area contributed by atoms with Crippen LogP contribution < -0.4 is 10.1 Å². The summed E-state index contributed by atoms with van der Waals surface area (Å²) in [5.41, 5.74) is 2.10. The average Bonchev–Trinajstić information content (AvgIpc) is 2.79. The Labute approximate surface area is 182 Å². The molecule has 3 aromatic rings. The number of anilines is 1. The molecule has 0 saturated carbocycles. The van der Waals surface area contributed by atoms with Crippen molar-refractivity contribution >= 4 is 22.5 Å². The highest BCUT2D eigenvalue weighted by molar-refractivity contribution is 5.90. The number of amides is 1. The molecule has 1 aromatic heterocycles. The number of nitrogens with zero attached hydrogens (tertiary/aromatic N) is 2. The number of hydrogen-bond donors (Lipinski definition) is 1. The average molecular weight is 422 g/mol. The number of benzene rings is 2. The lowest BCUT2D eigenvalue weighted by Crippen LogP contribution is -2.33. The minimum Gasteiger partial charge on any atom is -0.497 e. The van der Waals surface area contributed by atoms with E-state index in [9.17, 15) is 9.18 Å². The number of rotatable bonds is 7. The number of ether oxygens (including phenoxy) is 1. The number of hydrogen-bond acceptors (Lipinski definition) is 4. The predicted molar refractivity (Wildman–Crippen MR) is 121 cm³/mol. The summed E-state index contributed by atoms with van der Waals surface area (Å²) >= 11 is 0. The largest absolute Gasteiger partial charge is 0.497 e. The summed E-state index contributed by atoms with van der Waals surface area (Å²) in [5, 5.41) is 3.78. The van der Waals surface area contributed by atoms with E-state index in [0.29, 0.717) is 17.9 Å². The lowest BCUT2D eigenvalue weighted by molar-refractivity contribution is -0.116. The number of fused-ring (bicyclic) bond motifs is 1. The van der Waals surface area contributed by atoms with Crippen LogP contribution >= 0.6 is 0 Å². The van der Waals surface area contributed by atoms with E-state index in [-0.39, 0.29) is 11.7 Å². The third-order valence-corrected chi connectivity index (χ3v) is 5.95. The van der Waals surface area contributed by atoms with Crippen molar-refractivity contribution in [1.29, 1.82) is 0 Å². The molecule has 0 bridgehead atoms. The number of aromatic nitrogens is 1. The Morgan fingerprint density at radius 1 is 1.16 bits per heavy atom. The van der Waals surface area contributed by atoms with E-state index in [1.165, 1.54) is 6.07 Å². The molecule has 0 aliphatic carbocycles. The van der Waals surface area contributed by atoms with Gasteiger partial charge in [0.2, 0.25) is 5.91 Å². The summed E-state index contributed by atoms with van der Waals surface area (Å²) in [6.45, 7) is 2.67. The molecule has 2 aromatic carbocycles. The van der Waals surface area contributed by atoms with Gasteiger partial charge in [0.15, 0.2) is 0 Å². The molecule has 0 unspecified atom stereocenters. The molecule has 0 spiro atoms. The summed E-state index contributed by atoms with van der Waals surface area (Å²) in [7, 11) is 1.61. The smallest absolute Gasteiger partial charge is 0.224 e. The van der Waals surface area contributed by atoms with Crippen LogP contribution in [0.3, 0.4) is 0 Å². The van der Waals surface area contributed by atoms with E-state index >= 15 is 0 Å². The summed E-state index contributed by atoms with van der Waals surface area (Å²) < 4.78 is 19.2. The van der Waals surface area contributed by atoms with Gasteiger partial charge in [-0.05, 0) is 62.5 Å². The van der Waals surface area contributed by atoms with Crippen LogP contribution in [0.25, 0.3) is 10.9 Å². The van der Waals surface area contributed by atoms with Gasteiger partial charge in [0.1, 0.15) is 17.1 Å². The van der Waals surface area contributed by atoms with Crippen LogP contribution in [0.4, 0.5) is 10.1 Å². The van der Waals surface area contributed by atoms with Crippen LogP contribution in [0, 0.1) is 11.7 Å². The van der Waals surface area contributed by atoms with Gasteiger partial charge in [0.25, 0.3) is 0 Å². The van der Waals surface area contributed by atoms with Crippen molar-refractivity contribution in [3.05, 3.63) is 66.1 Å². The molecule has 1 amide bonds. The minimum absolute atomic E-state index is 0.0399. The van der Waals surface area contributed by atoms with Crippen LogP contribution in [0.15, 0.2) is 54.6 Å². The molecule has 1 fully saturated rings. The number of nitrogens with one attached hydrogen (secondary N) is 1. The zero-order valence-corrected chi connectivity index (χ0v) is 17.8. The van der Waals surface area contributed by atoms with E-state index in [0.717, 1.165) is 61.4 Å². The number of likely N-dealkylation sites (tertiary alicyclic amines) is 1. The molecule has 1 aliphatic heterocycles. The van der Waals surface area contributed by atoms with E-state index in [1.807, 2.05) is 42.5 Å². The molecule has 0 atom stereocenters. The zero-order chi connectivity index (χ0) is 21.6. The van der Waals surface area contributed by atoms with Gasteiger partial charge in [0, 0.05) is 30.1 Å². The fourth-order valence-electron chi connectivity index (χ4n) is 4.16. The van der Waals surface area contributed by atoms with Gasteiger partial charge < -0.3 is 10.1 Å². The van der Waals surface area contributed by atoms with Crippen molar-refractivity contribution in [3.63, 3.8) is 0 Å². The first-order chi connectivity index (χ1) is 15.1. The molecule has 31 heavy (non-hydrogen) atoms. The van der Waals surface area contributed by atoms with Crippen LogP contribution in [0.5, 0.6) is 5.75 Å². The Morgan fingerprint density at radius 2 is 1.97 bits per heavy atom. The number of piperidine rings is 1. The zero-order valence-electron chi connectivity index (χ0n) is 17.8. The Kier molecular flexibility index (Phi) is 6.77. The van der Waals surface area contributed by atoms with Gasteiger partial charge in [0.05, 0.1) is 12.8 Å². The van der Waals surface area contributed by atoms with Gasteiger partial charge in [-0.25, -0.2) is 9.37 Å². The highest BCUT2D eigenvalue weighted by Crippen LogP contribution is 2.24. The Balaban J connectivity index is 1.22. The van der Waals surface area contributed by atoms with Gasteiger partial charge >= 0.3 is 0 Å². The quantitative estimate of drug-likeness (QED) is 0.582. The van der Waals surface area contributed by atoms with Crippen molar-refractivity contribution in [1.82, 2.24) is 9.88 Å². The second kappa shape index (κ2) is 9.88. The van der Waals surface area contributed by atoms with Crippen molar-refractivity contribution in [2.45, 2.75) is 32.2 Å². The van der Waals surface area contributed by atoms with E-state index in [1.54, 1.807) is 13.2 Å². The SMILES string of the molecule is COc1cccc(NC(=O)CCC2CCN(Cc3ccc4cccc(F)c4n3)CC2)c1. The first kappa shape index (κ1) is 21.2. The van der Waals surface area contributed by atoms with E-state index < -0.39 is 0 Å². The Hall–Kier alpha value is -2.99. The number of carbonyl (C=O) groups excluding carboxylic acids is 1. The standard InChI is InChI=1S/C25H28FN3O2/c1-31-22-6-3-5-20(16-22)27-24(30)11-8-18-12-14-29(15-13-18)17-21-10-9-19-4-2-7-23(26)25(19)28-21/h2-7,9-10,16,18H,8,11-15,17H2,1H3,(H,27,30). The number of halogens is 1. The van der Waals surface area contributed by atoms with Crippen LogP contribution in [0.1, 0.15) is 31.4 Å². The van der Waals surface area contributed by atoms with Crippen molar-refractivity contribution < 1.29 is 13.9 Å². The maximum atomic E-state index is 14.0. The second-order valence-electron chi connectivity index (χ2n) is 8.15. The van der Waals surface area contributed by atoms with Gasteiger partial charge in [-0.15, -0.1) is 0 Å². The third-order valence-electron chi connectivity index (χ3n) is 5.95. The molecule has 162 valence electrons. The van der Waals surface area contributed by atoms with Crippen LogP contribution in [0.2, 0.25) is 0 Å².